The van der Waals surface area contributed by atoms with Crippen molar-refractivity contribution < 1.29 is 4.74 Å². The molecule has 1 aliphatic rings. The first-order valence-corrected chi connectivity index (χ1v) is 7.08. The van der Waals surface area contributed by atoms with Gasteiger partial charge in [0.2, 0.25) is 0 Å². The molecule has 0 aliphatic carbocycles. The zero-order chi connectivity index (χ0) is 13.9. The molecule has 0 atom stereocenters. The van der Waals surface area contributed by atoms with Gasteiger partial charge in [0, 0.05) is 6.20 Å². The van der Waals surface area contributed by atoms with Gasteiger partial charge in [-0.05, 0) is 40.2 Å². The number of ether oxygens (including phenoxy) is 1. The molecule has 2 heterocycles. The maximum absolute atomic E-state index is 8.74. The van der Waals surface area contributed by atoms with Gasteiger partial charge in [0.1, 0.15) is 23.7 Å². The number of nitrogens with zero attached hydrogens (tertiary/aromatic N) is 3. The number of benzene rings is 1. The van der Waals surface area contributed by atoms with Gasteiger partial charge in [-0.2, -0.15) is 5.26 Å². The Morgan fingerprint density at radius 1 is 1.25 bits per heavy atom. The lowest BCUT2D eigenvalue weighted by atomic mass is 10.1. The average molecular weight is 330 g/mol. The Morgan fingerprint density at radius 3 is 2.70 bits per heavy atom. The van der Waals surface area contributed by atoms with Gasteiger partial charge in [-0.25, -0.2) is 4.98 Å². The first-order chi connectivity index (χ1) is 9.76. The van der Waals surface area contributed by atoms with Crippen molar-refractivity contribution in [1.82, 2.24) is 4.98 Å². The monoisotopic (exact) mass is 329 g/mol. The van der Waals surface area contributed by atoms with Crippen LogP contribution >= 0.6 is 15.9 Å². The molecule has 0 amide bonds. The Balaban J connectivity index is 1.59. The number of hydrogen-bond donors (Lipinski definition) is 0. The van der Waals surface area contributed by atoms with Gasteiger partial charge in [0.25, 0.3) is 0 Å². The quantitative estimate of drug-likeness (QED) is 0.868. The van der Waals surface area contributed by atoms with Crippen LogP contribution in [0, 0.1) is 11.3 Å². The maximum Gasteiger partial charge on any atom is 0.134 e. The summed E-state index contributed by atoms with van der Waals surface area (Å²) in [6, 6.07) is 13.6. The number of anilines is 1. The van der Waals surface area contributed by atoms with Gasteiger partial charge in [0.05, 0.1) is 23.1 Å². The summed E-state index contributed by atoms with van der Waals surface area (Å²) in [5.41, 5.74) is 0.579. The molecule has 2 aromatic rings. The molecule has 0 unspecified atom stereocenters. The molecule has 100 valence electrons. The normalized spacial score (nSPS) is 14.5. The molecule has 1 aromatic carbocycles. The van der Waals surface area contributed by atoms with E-state index in [0.717, 1.165) is 29.1 Å². The van der Waals surface area contributed by atoms with E-state index in [1.54, 1.807) is 12.3 Å². The molecule has 5 heteroatoms. The number of halogens is 1. The van der Waals surface area contributed by atoms with E-state index in [9.17, 15) is 0 Å². The van der Waals surface area contributed by atoms with Gasteiger partial charge < -0.3 is 9.64 Å². The topological polar surface area (TPSA) is 49.2 Å². The van der Waals surface area contributed by atoms with E-state index in [-0.39, 0.29) is 6.10 Å². The zero-order valence-corrected chi connectivity index (χ0v) is 12.2. The van der Waals surface area contributed by atoms with Crippen LogP contribution in [0.15, 0.2) is 47.1 Å². The van der Waals surface area contributed by atoms with Crippen molar-refractivity contribution in [2.45, 2.75) is 6.10 Å². The summed E-state index contributed by atoms with van der Waals surface area (Å²) in [5.74, 6) is 1.75. The summed E-state index contributed by atoms with van der Waals surface area (Å²) < 4.78 is 6.88. The van der Waals surface area contributed by atoms with E-state index in [1.165, 1.54) is 0 Å². The molecule has 0 N–H and O–H groups in total. The Hall–Kier alpha value is -2.06. The highest BCUT2D eigenvalue weighted by molar-refractivity contribution is 9.10. The summed E-state index contributed by atoms with van der Waals surface area (Å²) in [4.78, 5) is 6.40. The van der Waals surface area contributed by atoms with Gasteiger partial charge in [-0.3, -0.25) is 0 Å². The standard InChI is InChI=1S/C15H12BrN3O/c16-13-3-1-2-4-14(13)20-12-9-19(10-12)15-6-5-11(7-17)8-18-15/h1-6,8,12H,9-10H2. The summed E-state index contributed by atoms with van der Waals surface area (Å²) >= 11 is 3.47. The van der Waals surface area contributed by atoms with Crippen LogP contribution in [0.3, 0.4) is 0 Å². The van der Waals surface area contributed by atoms with Crippen molar-refractivity contribution in [3.8, 4) is 11.8 Å². The summed E-state index contributed by atoms with van der Waals surface area (Å²) in [7, 11) is 0. The lowest BCUT2D eigenvalue weighted by molar-refractivity contribution is 0.166. The third-order valence-electron chi connectivity index (χ3n) is 3.18. The fraction of sp³-hybridized carbons (Fsp3) is 0.200. The van der Waals surface area contributed by atoms with Crippen molar-refractivity contribution in [3.63, 3.8) is 0 Å². The van der Waals surface area contributed by atoms with Gasteiger partial charge >= 0.3 is 0 Å². The molecule has 20 heavy (non-hydrogen) atoms. The summed E-state index contributed by atoms with van der Waals surface area (Å²) in [6.45, 7) is 1.61. The number of hydrogen-bond acceptors (Lipinski definition) is 4. The molecule has 3 rings (SSSR count). The van der Waals surface area contributed by atoms with Gasteiger partial charge in [-0.15, -0.1) is 0 Å². The van der Waals surface area contributed by atoms with E-state index in [0.29, 0.717) is 5.56 Å². The van der Waals surface area contributed by atoms with Crippen LogP contribution < -0.4 is 9.64 Å². The molecule has 1 aliphatic heterocycles. The smallest absolute Gasteiger partial charge is 0.134 e. The van der Waals surface area contributed by atoms with Crippen LogP contribution in [-0.4, -0.2) is 24.2 Å². The number of aromatic nitrogens is 1. The lowest BCUT2D eigenvalue weighted by Crippen LogP contribution is -2.54. The van der Waals surface area contributed by atoms with Crippen LogP contribution in [0.1, 0.15) is 5.56 Å². The van der Waals surface area contributed by atoms with Crippen molar-refractivity contribution in [1.29, 1.82) is 5.26 Å². The number of para-hydroxylation sites is 1. The molecule has 0 saturated carbocycles. The summed E-state index contributed by atoms with van der Waals surface area (Å²) in [6.07, 6.45) is 1.77. The van der Waals surface area contributed by atoms with E-state index < -0.39 is 0 Å². The van der Waals surface area contributed by atoms with Crippen LogP contribution in [0.25, 0.3) is 0 Å². The molecule has 0 spiro atoms. The molecule has 1 fully saturated rings. The van der Waals surface area contributed by atoms with Crippen LogP contribution in [0.4, 0.5) is 5.82 Å². The van der Waals surface area contributed by atoms with Gasteiger partial charge in [-0.1, -0.05) is 12.1 Å². The van der Waals surface area contributed by atoms with Crippen LogP contribution in [0.2, 0.25) is 0 Å². The SMILES string of the molecule is N#Cc1ccc(N2CC(Oc3ccccc3Br)C2)nc1. The molecular weight excluding hydrogens is 318 g/mol. The van der Waals surface area contributed by atoms with E-state index in [2.05, 4.69) is 31.9 Å². The van der Waals surface area contributed by atoms with E-state index in [4.69, 9.17) is 10.00 Å². The fourth-order valence-electron chi connectivity index (χ4n) is 2.06. The van der Waals surface area contributed by atoms with Gasteiger partial charge in [0.15, 0.2) is 0 Å². The highest BCUT2D eigenvalue weighted by Gasteiger charge is 2.29. The average Bonchev–Trinajstić information content (AvgIpc) is 2.44. The Labute approximate surface area is 125 Å². The third-order valence-corrected chi connectivity index (χ3v) is 3.83. The second-order valence-corrected chi connectivity index (χ2v) is 5.45. The third kappa shape index (κ3) is 2.61. The largest absolute Gasteiger partial charge is 0.486 e. The Morgan fingerprint density at radius 2 is 2.05 bits per heavy atom. The zero-order valence-electron chi connectivity index (χ0n) is 10.7. The molecule has 0 bridgehead atoms. The second kappa shape index (κ2) is 5.51. The molecular formula is C15H12BrN3O. The first-order valence-electron chi connectivity index (χ1n) is 6.28. The number of nitriles is 1. The summed E-state index contributed by atoms with van der Waals surface area (Å²) in [5, 5.41) is 8.74. The lowest BCUT2D eigenvalue weighted by Gasteiger charge is -2.39. The first kappa shape index (κ1) is 12.9. The maximum atomic E-state index is 8.74. The highest BCUT2D eigenvalue weighted by Crippen LogP contribution is 2.28. The van der Waals surface area contributed by atoms with Crippen molar-refractivity contribution >= 4 is 21.7 Å². The minimum atomic E-state index is 0.172. The van der Waals surface area contributed by atoms with Crippen LogP contribution in [-0.2, 0) is 0 Å². The minimum Gasteiger partial charge on any atom is -0.486 e. The van der Waals surface area contributed by atoms with Crippen molar-refractivity contribution in [2.75, 3.05) is 18.0 Å². The molecule has 1 saturated heterocycles. The minimum absolute atomic E-state index is 0.172. The second-order valence-electron chi connectivity index (χ2n) is 4.59. The van der Waals surface area contributed by atoms with Crippen molar-refractivity contribution in [2.24, 2.45) is 0 Å². The van der Waals surface area contributed by atoms with Crippen LogP contribution in [0.5, 0.6) is 5.75 Å². The highest BCUT2D eigenvalue weighted by atomic mass is 79.9. The predicted octanol–water partition coefficient (Wildman–Crippen LogP) is 2.98. The van der Waals surface area contributed by atoms with E-state index >= 15 is 0 Å². The number of rotatable bonds is 3. The Kier molecular flexibility index (Phi) is 3.57. The number of pyridine rings is 1. The Bertz CT molecular complexity index is 645. The van der Waals surface area contributed by atoms with E-state index in [1.807, 2.05) is 30.3 Å². The van der Waals surface area contributed by atoms with Crippen molar-refractivity contribution in [3.05, 3.63) is 52.6 Å². The predicted molar refractivity (Wildman–Crippen MR) is 79.7 cm³/mol. The molecule has 0 radical (unpaired) electrons. The molecule has 1 aromatic heterocycles. The molecule has 4 nitrogen and oxygen atoms in total. The fourth-order valence-corrected chi connectivity index (χ4v) is 2.44.